The van der Waals surface area contributed by atoms with E-state index in [-0.39, 0.29) is 0 Å². The van der Waals surface area contributed by atoms with E-state index in [4.69, 9.17) is 4.74 Å². The van der Waals surface area contributed by atoms with Crippen LogP contribution < -0.4 is 0 Å². The largest absolute Gasteiger partial charge is 0.391 e. The van der Waals surface area contributed by atoms with E-state index in [1.165, 1.54) is 7.11 Å². The molecule has 0 saturated carbocycles. The molecule has 0 bridgehead atoms. The van der Waals surface area contributed by atoms with Crippen molar-refractivity contribution in [3.05, 3.63) is 0 Å². The molecule has 0 aliphatic carbocycles. The van der Waals surface area contributed by atoms with E-state index in [9.17, 15) is 9.59 Å². The summed E-state index contributed by atoms with van der Waals surface area (Å²) in [7, 11) is 1.38. The molecule has 1 aliphatic heterocycles. The first-order valence-corrected chi connectivity index (χ1v) is 2.95. The van der Waals surface area contributed by atoms with Crippen molar-refractivity contribution in [1.29, 1.82) is 0 Å². The molecule has 56 valence electrons. The Morgan fingerprint density at radius 1 is 1.40 bits per heavy atom. The summed E-state index contributed by atoms with van der Waals surface area (Å²) in [5.41, 5.74) is 0. The van der Waals surface area contributed by atoms with Crippen molar-refractivity contribution in [2.75, 3.05) is 7.11 Å². The second-order valence-corrected chi connectivity index (χ2v) is 2.19. The maximum Gasteiger partial charge on any atom is 0.343 e. The predicted octanol–water partition coefficient (Wildman–Crippen LogP) is -0.279. The van der Waals surface area contributed by atoms with Gasteiger partial charge in [-0.15, -0.1) is 0 Å². The molecule has 0 spiro atoms. The van der Waals surface area contributed by atoms with E-state index in [1.54, 1.807) is 6.92 Å². The second-order valence-electron chi connectivity index (χ2n) is 2.19. The Kier molecular flexibility index (Phi) is 1.72. The van der Waals surface area contributed by atoms with Crippen LogP contribution in [0.15, 0.2) is 0 Å². The molecule has 4 heteroatoms. The SMILES string of the molecule is COC1C(=O)OC(=O)C1C. The van der Waals surface area contributed by atoms with Crippen LogP contribution in [0.25, 0.3) is 0 Å². The summed E-state index contributed by atoms with van der Waals surface area (Å²) in [6, 6.07) is 0. The molecule has 0 radical (unpaired) electrons. The van der Waals surface area contributed by atoms with Crippen molar-refractivity contribution < 1.29 is 19.1 Å². The topological polar surface area (TPSA) is 52.6 Å². The van der Waals surface area contributed by atoms with Gasteiger partial charge in [0.1, 0.15) is 0 Å². The first kappa shape index (κ1) is 7.21. The maximum atomic E-state index is 10.7. The Bertz CT molecular complexity index is 175. The number of hydrogen-bond acceptors (Lipinski definition) is 4. The molecule has 1 aliphatic rings. The first-order chi connectivity index (χ1) is 4.66. The molecule has 1 fully saturated rings. The third-order valence-electron chi connectivity index (χ3n) is 1.51. The highest BCUT2D eigenvalue weighted by atomic mass is 16.6. The Morgan fingerprint density at radius 2 is 2.00 bits per heavy atom. The average molecular weight is 144 g/mol. The van der Waals surface area contributed by atoms with Crippen LogP contribution in [0.4, 0.5) is 0 Å². The van der Waals surface area contributed by atoms with E-state index >= 15 is 0 Å². The van der Waals surface area contributed by atoms with Crippen molar-refractivity contribution in [2.45, 2.75) is 13.0 Å². The van der Waals surface area contributed by atoms with Crippen molar-refractivity contribution in [3.63, 3.8) is 0 Å². The van der Waals surface area contributed by atoms with Crippen LogP contribution in [0.1, 0.15) is 6.92 Å². The minimum Gasteiger partial charge on any atom is -0.391 e. The van der Waals surface area contributed by atoms with Crippen LogP contribution in [0, 0.1) is 5.92 Å². The van der Waals surface area contributed by atoms with Gasteiger partial charge in [-0.25, -0.2) is 4.79 Å². The van der Waals surface area contributed by atoms with Gasteiger partial charge < -0.3 is 9.47 Å². The lowest BCUT2D eigenvalue weighted by molar-refractivity contribution is -0.155. The van der Waals surface area contributed by atoms with Gasteiger partial charge in [-0.3, -0.25) is 4.79 Å². The molecular weight excluding hydrogens is 136 g/mol. The van der Waals surface area contributed by atoms with Crippen molar-refractivity contribution in [2.24, 2.45) is 5.92 Å². The molecule has 0 aromatic carbocycles. The number of cyclic esters (lactones) is 2. The van der Waals surface area contributed by atoms with Crippen LogP contribution >= 0.6 is 0 Å². The van der Waals surface area contributed by atoms with Gasteiger partial charge in [0.15, 0.2) is 6.10 Å². The zero-order valence-corrected chi connectivity index (χ0v) is 5.79. The van der Waals surface area contributed by atoms with E-state index in [0.29, 0.717) is 0 Å². The molecule has 4 nitrogen and oxygen atoms in total. The number of rotatable bonds is 1. The van der Waals surface area contributed by atoms with Gasteiger partial charge in [0.25, 0.3) is 0 Å². The number of ether oxygens (including phenoxy) is 2. The number of methoxy groups -OCH3 is 1. The fourth-order valence-corrected chi connectivity index (χ4v) is 0.878. The minimum atomic E-state index is -0.701. The Balaban J connectivity index is 2.73. The van der Waals surface area contributed by atoms with E-state index < -0.39 is 24.0 Å². The third-order valence-corrected chi connectivity index (χ3v) is 1.51. The molecule has 2 unspecified atom stereocenters. The lowest BCUT2D eigenvalue weighted by Crippen LogP contribution is -2.23. The monoisotopic (exact) mass is 144 g/mol. The number of hydrogen-bond donors (Lipinski definition) is 0. The molecule has 0 aromatic heterocycles. The Labute approximate surface area is 58.1 Å². The highest BCUT2D eigenvalue weighted by molar-refractivity contribution is 5.97. The highest BCUT2D eigenvalue weighted by Gasteiger charge is 2.41. The minimum absolute atomic E-state index is 0.461. The van der Waals surface area contributed by atoms with Crippen LogP contribution in [0.5, 0.6) is 0 Å². The van der Waals surface area contributed by atoms with Gasteiger partial charge in [0, 0.05) is 7.11 Å². The quantitative estimate of drug-likeness (QED) is 0.375. The molecule has 1 rings (SSSR count). The summed E-state index contributed by atoms with van der Waals surface area (Å²) in [4.78, 5) is 21.3. The molecule has 10 heavy (non-hydrogen) atoms. The van der Waals surface area contributed by atoms with E-state index in [2.05, 4.69) is 4.74 Å². The summed E-state index contributed by atoms with van der Waals surface area (Å²) < 4.78 is 8.98. The maximum absolute atomic E-state index is 10.7. The summed E-state index contributed by atoms with van der Waals surface area (Å²) in [6.45, 7) is 1.60. The Morgan fingerprint density at radius 3 is 2.20 bits per heavy atom. The molecule has 1 heterocycles. The van der Waals surface area contributed by atoms with Gasteiger partial charge in [0.05, 0.1) is 5.92 Å². The number of carbonyl (C=O) groups excluding carboxylic acids is 2. The van der Waals surface area contributed by atoms with Crippen LogP contribution in [-0.2, 0) is 19.1 Å². The summed E-state index contributed by atoms with van der Waals surface area (Å²) in [5.74, 6) is -1.55. The van der Waals surface area contributed by atoms with Crippen LogP contribution in [-0.4, -0.2) is 25.2 Å². The molecule has 0 N–H and O–H groups in total. The van der Waals surface area contributed by atoms with Gasteiger partial charge in [-0.2, -0.15) is 0 Å². The zero-order chi connectivity index (χ0) is 7.72. The van der Waals surface area contributed by atoms with Crippen LogP contribution in [0.3, 0.4) is 0 Å². The second kappa shape index (κ2) is 2.38. The fourth-order valence-electron chi connectivity index (χ4n) is 0.878. The van der Waals surface area contributed by atoms with E-state index in [0.717, 1.165) is 0 Å². The van der Waals surface area contributed by atoms with Gasteiger partial charge >= 0.3 is 11.9 Å². The van der Waals surface area contributed by atoms with Crippen molar-refractivity contribution in [1.82, 2.24) is 0 Å². The zero-order valence-electron chi connectivity index (χ0n) is 5.79. The smallest absolute Gasteiger partial charge is 0.343 e. The summed E-state index contributed by atoms with van der Waals surface area (Å²) >= 11 is 0. The normalized spacial score (nSPS) is 32.6. The summed E-state index contributed by atoms with van der Waals surface area (Å²) in [6.07, 6.45) is -0.701. The average Bonchev–Trinajstić information content (AvgIpc) is 2.09. The fraction of sp³-hybridized carbons (Fsp3) is 0.667. The van der Waals surface area contributed by atoms with Gasteiger partial charge in [-0.05, 0) is 6.92 Å². The molecule has 0 aromatic rings. The van der Waals surface area contributed by atoms with E-state index in [1.807, 2.05) is 0 Å². The first-order valence-electron chi connectivity index (χ1n) is 2.95. The standard InChI is InChI=1S/C6H8O4/c1-3-4(9-2)6(8)10-5(3)7/h3-4H,1-2H3. The molecule has 1 saturated heterocycles. The lowest BCUT2D eigenvalue weighted by Gasteiger charge is -2.03. The van der Waals surface area contributed by atoms with Gasteiger partial charge in [-0.1, -0.05) is 0 Å². The number of carbonyl (C=O) groups is 2. The molecule has 0 amide bonds. The highest BCUT2D eigenvalue weighted by Crippen LogP contribution is 2.17. The Hall–Kier alpha value is -0.900. The van der Waals surface area contributed by atoms with Gasteiger partial charge in [0.2, 0.25) is 0 Å². The molecular formula is C6H8O4. The number of esters is 2. The van der Waals surface area contributed by atoms with Crippen molar-refractivity contribution in [3.8, 4) is 0 Å². The molecule has 2 atom stereocenters. The third kappa shape index (κ3) is 0.903. The summed E-state index contributed by atoms with van der Waals surface area (Å²) in [5, 5.41) is 0. The van der Waals surface area contributed by atoms with Crippen LogP contribution in [0.2, 0.25) is 0 Å². The van der Waals surface area contributed by atoms with Crippen molar-refractivity contribution >= 4 is 11.9 Å². The lowest BCUT2D eigenvalue weighted by atomic mass is 10.1. The predicted molar refractivity (Wildman–Crippen MR) is 31.1 cm³/mol.